The summed E-state index contributed by atoms with van der Waals surface area (Å²) in [6, 6.07) is 11.9. The largest absolute Gasteiger partial charge is 0.381 e. The highest BCUT2D eigenvalue weighted by molar-refractivity contribution is 14.0. The molecule has 2 N–H and O–H groups in total. The van der Waals surface area contributed by atoms with E-state index >= 15 is 0 Å². The van der Waals surface area contributed by atoms with Gasteiger partial charge in [-0.3, -0.25) is 0 Å². The van der Waals surface area contributed by atoms with Crippen LogP contribution in [0.4, 0.5) is 0 Å². The quantitative estimate of drug-likeness (QED) is 0.219. The number of aliphatic imine (C=N–C) groups is 1. The first kappa shape index (κ1) is 23.6. The zero-order valence-electron chi connectivity index (χ0n) is 16.9. The fraction of sp³-hybridized carbons (Fsp3) is 0.524. The van der Waals surface area contributed by atoms with E-state index in [0.717, 1.165) is 75.3 Å². The molecule has 7 nitrogen and oxygen atoms in total. The number of hydrogen-bond donors (Lipinski definition) is 2. The lowest BCUT2D eigenvalue weighted by molar-refractivity contribution is 0.0888. The molecule has 0 saturated carbocycles. The van der Waals surface area contributed by atoms with E-state index in [1.54, 1.807) is 0 Å². The van der Waals surface area contributed by atoms with Crippen molar-refractivity contribution in [3.8, 4) is 11.3 Å². The predicted octanol–water partition coefficient (Wildman–Crippen LogP) is 3.46. The third-order valence-electron chi connectivity index (χ3n) is 4.50. The van der Waals surface area contributed by atoms with Crippen LogP contribution in [0.15, 0.2) is 45.9 Å². The molecule has 1 fully saturated rings. The van der Waals surface area contributed by atoms with Crippen LogP contribution in [0, 0.1) is 5.92 Å². The molecular weight excluding hydrogens is 483 g/mol. The predicted molar refractivity (Wildman–Crippen MR) is 125 cm³/mol. The van der Waals surface area contributed by atoms with Gasteiger partial charge < -0.3 is 24.6 Å². The molecule has 0 amide bonds. The Hall–Kier alpha value is -1.65. The van der Waals surface area contributed by atoms with Crippen molar-refractivity contribution in [1.29, 1.82) is 0 Å². The van der Waals surface area contributed by atoms with Gasteiger partial charge in [0.2, 0.25) is 0 Å². The second-order valence-corrected chi connectivity index (χ2v) is 6.83. The Morgan fingerprint density at radius 3 is 2.90 bits per heavy atom. The maximum absolute atomic E-state index is 5.73. The van der Waals surface area contributed by atoms with Crippen LogP contribution < -0.4 is 10.6 Å². The lowest BCUT2D eigenvalue weighted by Crippen LogP contribution is -2.38. The molecule has 3 rings (SSSR count). The number of rotatable bonds is 10. The van der Waals surface area contributed by atoms with Gasteiger partial charge in [-0.05, 0) is 19.8 Å². The highest BCUT2D eigenvalue weighted by atomic mass is 127. The van der Waals surface area contributed by atoms with Crippen LogP contribution >= 0.6 is 24.0 Å². The molecular formula is C21H31IN4O3. The van der Waals surface area contributed by atoms with Gasteiger partial charge in [0.25, 0.3) is 0 Å². The van der Waals surface area contributed by atoms with Crippen molar-refractivity contribution in [3.63, 3.8) is 0 Å². The number of benzene rings is 1. The lowest BCUT2D eigenvalue weighted by atomic mass is 10.1. The zero-order chi connectivity index (χ0) is 19.4. The van der Waals surface area contributed by atoms with Gasteiger partial charge in [0.1, 0.15) is 5.69 Å². The first-order valence-corrected chi connectivity index (χ1v) is 10.0. The van der Waals surface area contributed by atoms with Gasteiger partial charge in [0.15, 0.2) is 11.7 Å². The van der Waals surface area contributed by atoms with E-state index in [2.05, 4.69) is 20.8 Å². The number of ether oxygens (including phenoxy) is 2. The Morgan fingerprint density at radius 1 is 1.28 bits per heavy atom. The molecule has 8 heteroatoms. The van der Waals surface area contributed by atoms with Gasteiger partial charge in [0.05, 0.1) is 19.8 Å². The summed E-state index contributed by atoms with van der Waals surface area (Å²) in [7, 11) is 0. The van der Waals surface area contributed by atoms with E-state index in [0.29, 0.717) is 12.5 Å². The average molecular weight is 514 g/mol. The van der Waals surface area contributed by atoms with Gasteiger partial charge in [-0.2, -0.15) is 0 Å². The van der Waals surface area contributed by atoms with Gasteiger partial charge in [-0.1, -0.05) is 35.5 Å². The van der Waals surface area contributed by atoms with E-state index in [9.17, 15) is 0 Å². The number of aromatic nitrogens is 1. The fourth-order valence-corrected chi connectivity index (χ4v) is 2.97. The van der Waals surface area contributed by atoms with Crippen LogP contribution in [-0.2, 0) is 16.0 Å². The molecule has 29 heavy (non-hydrogen) atoms. The highest BCUT2D eigenvalue weighted by Gasteiger charge is 2.15. The molecule has 1 unspecified atom stereocenters. The minimum absolute atomic E-state index is 0. The molecule has 1 aromatic heterocycles. The molecule has 1 atom stereocenters. The lowest BCUT2D eigenvalue weighted by Gasteiger charge is -2.12. The van der Waals surface area contributed by atoms with Crippen LogP contribution in [0.2, 0.25) is 0 Å². The molecule has 1 aliphatic heterocycles. The fourth-order valence-electron chi connectivity index (χ4n) is 2.97. The summed E-state index contributed by atoms with van der Waals surface area (Å²) >= 11 is 0. The van der Waals surface area contributed by atoms with Crippen LogP contribution in [0.25, 0.3) is 11.3 Å². The van der Waals surface area contributed by atoms with E-state index in [-0.39, 0.29) is 24.0 Å². The summed E-state index contributed by atoms with van der Waals surface area (Å²) in [5.41, 5.74) is 1.82. The monoisotopic (exact) mass is 514 g/mol. The third-order valence-corrected chi connectivity index (χ3v) is 4.50. The van der Waals surface area contributed by atoms with E-state index in [4.69, 9.17) is 14.0 Å². The summed E-state index contributed by atoms with van der Waals surface area (Å²) in [5, 5.41) is 10.7. The Bertz CT molecular complexity index is 718. The van der Waals surface area contributed by atoms with Crippen molar-refractivity contribution in [3.05, 3.63) is 42.1 Å². The first-order chi connectivity index (χ1) is 13.8. The van der Waals surface area contributed by atoms with Crippen molar-refractivity contribution in [2.24, 2.45) is 10.9 Å². The first-order valence-electron chi connectivity index (χ1n) is 10.0. The van der Waals surface area contributed by atoms with Gasteiger partial charge in [-0.25, -0.2) is 4.99 Å². The average Bonchev–Trinajstić information content (AvgIpc) is 3.41. The Kier molecular flexibility index (Phi) is 11.0. The topological polar surface area (TPSA) is 80.9 Å². The van der Waals surface area contributed by atoms with Gasteiger partial charge in [-0.15, -0.1) is 24.0 Å². The van der Waals surface area contributed by atoms with E-state index in [1.807, 2.05) is 43.3 Å². The standard InChI is InChI=1S/C21H30N4O3.HI/c1-2-22-21(23-10-6-11-26-15-17-9-12-27-16-17)24-14-19-13-20(28-25-19)18-7-4-3-5-8-18;/h3-5,7-8,13,17H,2,6,9-12,14-16H2,1H3,(H2,22,23,24);1H. The number of nitrogens with one attached hydrogen (secondary N) is 2. The zero-order valence-corrected chi connectivity index (χ0v) is 19.3. The molecule has 1 aliphatic rings. The SMILES string of the molecule is CCNC(=NCc1cc(-c2ccccc2)on1)NCCCOCC1CCOC1.I. The maximum atomic E-state index is 5.73. The summed E-state index contributed by atoms with van der Waals surface area (Å²) in [6.07, 6.45) is 2.05. The molecule has 2 heterocycles. The molecule has 0 aliphatic carbocycles. The minimum atomic E-state index is 0. The number of halogens is 1. The van der Waals surface area contributed by atoms with Crippen molar-refractivity contribution in [2.75, 3.05) is 39.5 Å². The molecule has 0 bridgehead atoms. The smallest absolute Gasteiger partial charge is 0.191 e. The normalized spacial score (nSPS) is 16.4. The second kappa shape index (κ2) is 13.6. The Morgan fingerprint density at radius 2 is 2.14 bits per heavy atom. The van der Waals surface area contributed by atoms with Gasteiger partial charge >= 0.3 is 0 Å². The molecule has 1 saturated heterocycles. The summed E-state index contributed by atoms with van der Waals surface area (Å²) in [6.45, 7) is 7.37. The van der Waals surface area contributed by atoms with Crippen LogP contribution in [-0.4, -0.2) is 50.6 Å². The Balaban J connectivity index is 0.00000300. The van der Waals surface area contributed by atoms with Crippen molar-refractivity contribution in [2.45, 2.75) is 26.3 Å². The highest BCUT2D eigenvalue weighted by Crippen LogP contribution is 2.19. The summed E-state index contributed by atoms with van der Waals surface area (Å²) < 4.78 is 16.5. The number of guanidine groups is 1. The number of hydrogen-bond acceptors (Lipinski definition) is 5. The van der Waals surface area contributed by atoms with Crippen LogP contribution in [0.5, 0.6) is 0 Å². The molecule has 160 valence electrons. The maximum Gasteiger partial charge on any atom is 0.191 e. The van der Waals surface area contributed by atoms with Crippen molar-refractivity contribution in [1.82, 2.24) is 15.8 Å². The Labute approximate surface area is 189 Å². The summed E-state index contributed by atoms with van der Waals surface area (Å²) in [5.74, 6) is 2.10. The minimum Gasteiger partial charge on any atom is -0.381 e. The third kappa shape index (κ3) is 8.31. The molecule has 2 aromatic rings. The molecule has 0 spiro atoms. The van der Waals surface area contributed by atoms with E-state index in [1.165, 1.54) is 0 Å². The number of nitrogens with zero attached hydrogens (tertiary/aromatic N) is 2. The van der Waals surface area contributed by atoms with Crippen LogP contribution in [0.1, 0.15) is 25.5 Å². The van der Waals surface area contributed by atoms with Gasteiger partial charge in [0, 0.05) is 43.9 Å². The van der Waals surface area contributed by atoms with E-state index < -0.39 is 0 Å². The van der Waals surface area contributed by atoms with Crippen molar-refractivity contribution >= 4 is 29.9 Å². The molecule has 1 aromatic carbocycles. The van der Waals surface area contributed by atoms with Crippen LogP contribution in [0.3, 0.4) is 0 Å². The van der Waals surface area contributed by atoms with Crippen molar-refractivity contribution < 1.29 is 14.0 Å². The second-order valence-electron chi connectivity index (χ2n) is 6.83. The molecule has 0 radical (unpaired) electrons. The summed E-state index contributed by atoms with van der Waals surface area (Å²) in [4.78, 5) is 4.59.